The molecule has 0 amide bonds. The second kappa shape index (κ2) is 9.45. The first-order valence-electron chi connectivity index (χ1n) is 12.0. The average Bonchev–Trinajstić information content (AvgIpc) is 3.17. The molecular formula is C30H25F3N4O. The fraction of sp³-hybridized carbons (Fsp3) is 0.167. The van der Waals surface area contributed by atoms with E-state index in [4.69, 9.17) is 0 Å². The predicted molar refractivity (Wildman–Crippen MR) is 144 cm³/mol. The molecule has 8 heteroatoms. The number of fused-ring (bicyclic) bond motifs is 1. The van der Waals surface area contributed by atoms with E-state index in [-0.39, 0.29) is 11.4 Å². The van der Waals surface area contributed by atoms with Gasteiger partial charge >= 0.3 is 6.18 Å². The Morgan fingerprint density at radius 2 is 1.66 bits per heavy atom. The number of aryl methyl sites for hydroxylation is 3. The quantitative estimate of drug-likeness (QED) is 0.243. The highest BCUT2D eigenvalue weighted by Crippen LogP contribution is 2.32. The highest BCUT2D eigenvalue weighted by atomic mass is 19.4. The summed E-state index contributed by atoms with van der Waals surface area (Å²) in [5.41, 5.74) is 5.20. The Hall–Kier alpha value is -4.46. The Morgan fingerprint density at radius 1 is 0.895 bits per heavy atom. The molecule has 2 heterocycles. The van der Waals surface area contributed by atoms with Crippen molar-refractivity contribution >= 4 is 17.1 Å². The zero-order chi connectivity index (χ0) is 27.2. The van der Waals surface area contributed by atoms with Crippen LogP contribution < -0.4 is 5.56 Å². The van der Waals surface area contributed by atoms with Gasteiger partial charge in [0.25, 0.3) is 5.56 Å². The van der Waals surface area contributed by atoms with E-state index in [1.807, 2.05) is 33.8 Å². The van der Waals surface area contributed by atoms with Crippen molar-refractivity contribution in [1.29, 1.82) is 0 Å². The van der Waals surface area contributed by atoms with Crippen molar-refractivity contribution in [2.75, 3.05) is 0 Å². The maximum absolute atomic E-state index is 13.5. The lowest BCUT2D eigenvalue weighted by Gasteiger charge is -2.14. The molecule has 5 rings (SSSR count). The van der Waals surface area contributed by atoms with Gasteiger partial charge in [-0.05, 0) is 75.2 Å². The molecule has 0 aliphatic carbocycles. The third kappa shape index (κ3) is 4.53. The summed E-state index contributed by atoms with van der Waals surface area (Å²) < 4.78 is 43.5. The lowest BCUT2D eigenvalue weighted by molar-refractivity contribution is -0.137. The molecule has 0 saturated carbocycles. The lowest BCUT2D eigenvalue weighted by Crippen LogP contribution is -2.20. The molecule has 38 heavy (non-hydrogen) atoms. The van der Waals surface area contributed by atoms with E-state index < -0.39 is 17.3 Å². The van der Waals surface area contributed by atoms with Gasteiger partial charge in [-0.3, -0.25) is 4.79 Å². The minimum Gasteiger partial charge on any atom is -0.318 e. The molecule has 0 aliphatic rings. The second-order valence-electron chi connectivity index (χ2n) is 9.34. The summed E-state index contributed by atoms with van der Waals surface area (Å²) in [4.78, 5) is 18.0. The van der Waals surface area contributed by atoms with Gasteiger partial charge in [0.2, 0.25) is 0 Å². The summed E-state index contributed by atoms with van der Waals surface area (Å²) in [6, 6.07) is 19.7. The third-order valence-corrected chi connectivity index (χ3v) is 6.59. The zero-order valence-electron chi connectivity index (χ0n) is 21.3. The van der Waals surface area contributed by atoms with Crippen molar-refractivity contribution in [2.45, 2.75) is 33.9 Å². The van der Waals surface area contributed by atoms with Crippen molar-refractivity contribution in [3.63, 3.8) is 0 Å². The van der Waals surface area contributed by atoms with Gasteiger partial charge < -0.3 is 4.57 Å². The molecule has 0 spiro atoms. The van der Waals surface area contributed by atoms with Crippen molar-refractivity contribution < 1.29 is 13.2 Å². The average molecular weight is 515 g/mol. The van der Waals surface area contributed by atoms with Crippen LogP contribution in [-0.4, -0.2) is 20.4 Å². The van der Waals surface area contributed by atoms with E-state index in [2.05, 4.69) is 32.9 Å². The van der Waals surface area contributed by atoms with Gasteiger partial charge in [-0.25, -0.2) is 4.98 Å². The minimum absolute atomic E-state index is 0.0272. The summed E-state index contributed by atoms with van der Waals surface area (Å²) in [5, 5.41) is 4.79. The van der Waals surface area contributed by atoms with Gasteiger partial charge in [0.15, 0.2) is 5.82 Å². The predicted octanol–water partition coefficient (Wildman–Crippen LogP) is 6.99. The molecule has 0 radical (unpaired) electrons. The van der Waals surface area contributed by atoms with Gasteiger partial charge in [-0.15, -0.1) is 0 Å². The number of alkyl halides is 3. The number of benzene rings is 3. The first kappa shape index (κ1) is 25.2. The van der Waals surface area contributed by atoms with Crippen molar-refractivity contribution in [3.8, 4) is 17.1 Å². The van der Waals surface area contributed by atoms with E-state index in [0.717, 1.165) is 50.6 Å². The molecule has 5 aromatic rings. The Kier molecular flexibility index (Phi) is 6.26. The molecule has 0 unspecified atom stereocenters. The van der Waals surface area contributed by atoms with E-state index >= 15 is 0 Å². The van der Waals surface area contributed by atoms with E-state index in [1.54, 1.807) is 30.5 Å². The molecule has 0 atom stereocenters. The summed E-state index contributed by atoms with van der Waals surface area (Å²) in [6.45, 7) is 8.03. The van der Waals surface area contributed by atoms with Crippen LogP contribution in [0, 0.1) is 27.7 Å². The Morgan fingerprint density at radius 3 is 2.42 bits per heavy atom. The van der Waals surface area contributed by atoms with Crippen LogP contribution >= 0.6 is 0 Å². The Bertz CT molecular complexity index is 1780. The molecule has 0 fully saturated rings. The van der Waals surface area contributed by atoms with Gasteiger partial charge in [0.05, 0.1) is 22.7 Å². The Balaban J connectivity index is 1.68. The van der Waals surface area contributed by atoms with Crippen LogP contribution in [0.1, 0.15) is 33.6 Å². The van der Waals surface area contributed by atoms with Crippen LogP contribution in [-0.2, 0) is 6.18 Å². The first-order chi connectivity index (χ1) is 18.0. The van der Waals surface area contributed by atoms with Crippen LogP contribution in [0.25, 0.3) is 28.0 Å². The van der Waals surface area contributed by atoms with E-state index in [1.165, 1.54) is 12.1 Å². The highest BCUT2D eigenvalue weighted by molar-refractivity contribution is 5.83. The number of aromatic nitrogens is 3. The topological polar surface area (TPSA) is 52.2 Å². The van der Waals surface area contributed by atoms with Crippen LogP contribution in [0.3, 0.4) is 0 Å². The number of hydrogen-bond acceptors (Lipinski definition) is 3. The normalized spacial score (nSPS) is 12.1. The van der Waals surface area contributed by atoms with Crippen LogP contribution in [0.4, 0.5) is 13.2 Å². The number of nitrogens with zero attached hydrogens (tertiary/aromatic N) is 4. The summed E-state index contributed by atoms with van der Waals surface area (Å²) in [6.07, 6.45) is -2.98. The maximum Gasteiger partial charge on any atom is 0.416 e. The first-order valence-corrected chi connectivity index (χ1v) is 12.0. The zero-order valence-corrected chi connectivity index (χ0v) is 21.3. The number of para-hydroxylation sites is 1. The van der Waals surface area contributed by atoms with Crippen molar-refractivity contribution in [2.24, 2.45) is 5.10 Å². The fourth-order valence-corrected chi connectivity index (χ4v) is 4.62. The van der Waals surface area contributed by atoms with Crippen LogP contribution in [0.2, 0.25) is 0 Å². The Labute approximate surface area is 217 Å². The summed E-state index contributed by atoms with van der Waals surface area (Å²) in [5.74, 6) is 0.0272. The fourth-order valence-electron chi connectivity index (χ4n) is 4.62. The molecule has 0 N–H and O–H groups in total. The molecule has 0 saturated heterocycles. The standard InChI is InChI=1S/C30H25F3N4O/c1-18-12-13-19(2)27(14-18)36-20(3)15-23(21(36)4)17-34-37-28(22-8-7-9-24(16-22)30(31,32)33)35-26-11-6-5-10-25(26)29(37)38/h5-17H,1-4H3. The molecule has 192 valence electrons. The lowest BCUT2D eigenvalue weighted by atomic mass is 10.1. The van der Waals surface area contributed by atoms with Crippen LogP contribution in [0.15, 0.2) is 82.7 Å². The molecule has 0 bridgehead atoms. The van der Waals surface area contributed by atoms with Crippen molar-refractivity contribution in [3.05, 3.63) is 117 Å². The monoisotopic (exact) mass is 514 g/mol. The smallest absolute Gasteiger partial charge is 0.318 e. The van der Waals surface area contributed by atoms with Crippen LogP contribution in [0.5, 0.6) is 0 Å². The van der Waals surface area contributed by atoms with E-state index in [9.17, 15) is 18.0 Å². The molecule has 5 nitrogen and oxygen atoms in total. The van der Waals surface area contributed by atoms with Crippen molar-refractivity contribution in [1.82, 2.24) is 14.2 Å². The maximum atomic E-state index is 13.5. The van der Waals surface area contributed by atoms with E-state index in [0.29, 0.717) is 10.9 Å². The summed E-state index contributed by atoms with van der Waals surface area (Å²) >= 11 is 0. The molecular weight excluding hydrogens is 489 g/mol. The second-order valence-corrected chi connectivity index (χ2v) is 9.34. The number of halogens is 3. The van der Waals surface area contributed by atoms with Gasteiger partial charge in [0, 0.05) is 28.2 Å². The number of rotatable bonds is 4. The molecule has 0 aliphatic heterocycles. The third-order valence-electron chi connectivity index (χ3n) is 6.59. The largest absolute Gasteiger partial charge is 0.416 e. The van der Waals surface area contributed by atoms with Gasteiger partial charge in [-0.2, -0.15) is 22.9 Å². The highest BCUT2D eigenvalue weighted by Gasteiger charge is 2.31. The SMILES string of the molecule is Cc1ccc(C)c(-n2c(C)cc(C=Nn3c(-c4cccc(C(F)(F)F)c4)nc4ccccc4c3=O)c2C)c1. The van der Waals surface area contributed by atoms with Gasteiger partial charge in [-0.1, -0.05) is 36.4 Å². The minimum atomic E-state index is -4.53. The van der Waals surface area contributed by atoms with Gasteiger partial charge in [0.1, 0.15) is 0 Å². The molecule has 3 aromatic carbocycles. The summed E-state index contributed by atoms with van der Waals surface area (Å²) in [7, 11) is 0. The molecule has 2 aromatic heterocycles. The number of hydrogen-bond donors (Lipinski definition) is 0.